The first-order valence-electron chi connectivity index (χ1n) is 13.3. The molecule has 0 saturated carbocycles. The lowest BCUT2D eigenvalue weighted by molar-refractivity contribution is 0.159. The van der Waals surface area contributed by atoms with Crippen molar-refractivity contribution >= 4 is 23.4 Å². The Kier molecular flexibility index (Phi) is 8.53. The number of benzene rings is 2. The number of amides is 2. The van der Waals surface area contributed by atoms with E-state index in [9.17, 15) is 14.0 Å². The molecule has 2 amide bonds. The smallest absolute Gasteiger partial charge is 0.320 e. The van der Waals surface area contributed by atoms with Crippen molar-refractivity contribution in [3.05, 3.63) is 99.2 Å². The van der Waals surface area contributed by atoms with Crippen molar-refractivity contribution in [2.45, 2.75) is 18.9 Å². The van der Waals surface area contributed by atoms with E-state index in [2.05, 4.69) is 15.5 Å². The zero-order chi connectivity index (χ0) is 29.1. The maximum atomic E-state index is 14.4. The number of rotatable bonds is 8. The second-order valence-corrected chi connectivity index (χ2v) is 10.6. The van der Waals surface area contributed by atoms with E-state index in [1.165, 1.54) is 16.7 Å². The molecular formula is C30H32ClFN6O3. The van der Waals surface area contributed by atoms with Gasteiger partial charge in [0.2, 0.25) is 0 Å². The number of anilines is 1. The van der Waals surface area contributed by atoms with E-state index in [0.29, 0.717) is 48.9 Å². The molecule has 0 bridgehead atoms. The van der Waals surface area contributed by atoms with E-state index in [1.807, 2.05) is 43.3 Å². The topological polar surface area (TPSA) is 93.4 Å². The first-order chi connectivity index (χ1) is 19.7. The molecule has 11 heteroatoms. The Morgan fingerprint density at radius 3 is 2.63 bits per heavy atom. The number of ether oxygens (including phenoxy) is 1. The van der Waals surface area contributed by atoms with Crippen molar-refractivity contribution in [1.82, 2.24) is 24.6 Å². The molecule has 2 unspecified atom stereocenters. The Morgan fingerprint density at radius 1 is 1.15 bits per heavy atom. The number of nitrogens with one attached hydrogen (secondary N) is 2. The van der Waals surface area contributed by atoms with E-state index in [4.69, 9.17) is 21.4 Å². The molecule has 2 atom stereocenters. The van der Waals surface area contributed by atoms with Crippen LogP contribution in [-0.2, 0) is 11.8 Å². The summed E-state index contributed by atoms with van der Waals surface area (Å²) in [5.41, 5.74) is 3.30. The quantitative estimate of drug-likeness (QED) is 0.319. The molecule has 4 aromatic rings. The monoisotopic (exact) mass is 578 g/mol. The van der Waals surface area contributed by atoms with Crippen molar-refractivity contribution in [3.8, 4) is 16.9 Å². The second-order valence-electron chi connectivity index (χ2n) is 10.2. The van der Waals surface area contributed by atoms with Gasteiger partial charge in [-0.3, -0.25) is 15.0 Å². The predicted octanol–water partition coefficient (Wildman–Crippen LogP) is 4.57. The summed E-state index contributed by atoms with van der Waals surface area (Å²) in [4.78, 5) is 28.0. The molecule has 0 aliphatic carbocycles. The van der Waals surface area contributed by atoms with Crippen LogP contribution in [0.15, 0.2) is 71.7 Å². The summed E-state index contributed by atoms with van der Waals surface area (Å²) >= 11 is 5.93. The number of carbonyl (C=O) groups is 1. The number of carbonyl (C=O) groups excluding carboxylic acids is 1. The number of para-hydroxylation sites is 1. The van der Waals surface area contributed by atoms with E-state index in [0.717, 1.165) is 11.3 Å². The minimum absolute atomic E-state index is 0.0574. The number of pyridine rings is 1. The second kappa shape index (κ2) is 12.3. The fourth-order valence-electron chi connectivity index (χ4n) is 5.20. The van der Waals surface area contributed by atoms with Gasteiger partial charge in [-0.15, -0.1) is 0 Å². The lowest BCUT2D eigenvalue weighted by Crippen LogP contribution is -2.42. The third-order valence-corrected chi connectivity index (χ3v) is 7.73. The zero-order valence-corrected chi connectivity index (χ0v) is 23.9. The number of hydrogen-bond acceptors (Lipinski definition) is 5. The van der Waals surface area contributed by atoms with Crippen LogP contribution in [0, 0.1) is 12.7 Å². The molecule has 2 aromatic carbocycles. The number of aryl methyl sites for hydroxylation is 1. The van der Waals surface area contributed by atoms with Crippen LogP contribution < -0.4 is 16.2 Å². The van der Waals surface area contributed by atoms with Crippen LogP contribution in [0.3, 0.4) is 0 Å². The van der Waals surface area contributed by atoms with Crippen LogP contribution in [0.2, 0.25) is 5.02 Å². The number of likely N-dealkylation sites (tertiary alicyclic amines) is 1. The summed E-state index contributed by atoms with van der Waals surface area (Å²) in [5.74, 6) is -0.165. The summed E-state index contributed by atoms with van der Waals surface area (Å²) < 4.78 is 22.7. The summed E-state index contributed by atoms with van der Waals surface area (Å²) in [6, 6.07) is 16.9. The highest BCUT2D eigenvalue weighted by atomic mass is 35.5. The van der Waals surface area contributed by atoms with Gasteiger partial charge in [0.15, 0.2) is 0 Å². The number of methoxy groups -OCH3 is 1. The van der Waals surface area contributed by atoms with Gasteiger partial charge in [0.25, 0.3) is 5.56 Å². The molecule has 214 valence electrons. The van der Waals surface area contributed by atoms with Gasteiger partial charge in [-0.1, -0.05) is 35.9 Å². The minimum Gasteiger partial charge on any atom is -0.383 e. The third kappa shape index (κ3) is 6.19. The Labute approximate surface area is 242 Å². The fourth-order valence-corrected chi connectivity index (χ4v) is 5.31. The summed E-state index contributed by atoms with van der Waals surface area (Å²) in [6.45, 7) is 4.28. The minimum atomic E-state index is -0.492. The Balaban J connectivity index is 1.44. The number of halogens is 2. The molecule has 1 aliphatic rings. The lowest BCUT2D eigenvalue weighted by Gasteiger charge is -2.21. The molecule has 2 aromatic heterocycles. The summed E-state index contributed by atoms with van der Waals surface area (Å²) in [6.07, 6.45) is 1.69. The Morgan fingerprint density at radius 2 is 1.93 bits per heavy atom. The Hall–Kier alpha value is -3.99. The molecule has 9 nitrogen and oxygen atoms in total. The van der Waals surface area contributed by atoms with Gasteiger partial charge in [-0.2, -0.15) is 5.10 Å². The van der Waals surface area contributed by atoms with E-state index >= 15 is 0 Å². The van der Waals surface area contributed by atoms with Gasteiger partial charge in [0.05, 0.1) is 29.1 Å². The van der Waals surface area contributed by atoms with Crippen molar-refractivity contribution in [2.24, 2.45) is 7.05 Å². The van der Waals surface area contributed by atoms with Gasteiger partial charge < -0.3 is 14.6 Å². The lowest BCUT2D eigenvalue weighted by atomic mass is 9.94. The SMILES string of the molecule is COCCN1CC(NC(=O)Nc2c(C)c(-c3ccn(C)c(=O)c3)nn2-c2ccccc2)C(c2ccc(Cl)c(F)c2)C1. The molecular weight excluding hydrogens is 547 g/mol. The summed E-state index contributed by atoms with van der Waals surface area (Å²) in [5, 5.41) is 10.9. The Bertz CT molecular complexity index is 1610. The average Bonchev–Trinajstić information content (AvgIpc) is 3.51. The molecule has 2 N–H and O–H groups in total. The molecule has 0 spiro atoms. The maximum absolute atomic E-state index is 14.4. The normalized spacial score (nSPS) is 17.1. The first kappa shape index (κ1) is 28.5. The average molecular weight is 579 g/mol. The number of hydrogen-bond donors (Lipinski definition) is 2. The van der Waals surface area contributed by atoms with E-state index in [1.54, 1.807) is 37.2 Å². The van der Waals surface area contributed by atoms with Crippen molar-refractivity contribution in [2.75, 3.05) is 38.7 Å². The summed E-state index contributed by atoms with van der Waals surface area (Å²) in [7, 11) is 3.33. The van der Waals surface area contributed by atoms with Crippen LogP contribution in [0.1, 0.15) is 17.0 Å². The first-order valence-corrected chi connectivity index (χ1v) is 13.7. The van der Waals surface area contributed by atoms with E-state index < -0.39 is 11.8 Å². The molecule has 3 heterocycles. The standard InChI is InChI=1S/C30H32ClFN6O3/c1-19-28(21-11-12-36(2)27(39)16-21)35-38(22-7-5-4-6-8-22)29(19)34-30(40)33-26-18-37(13-14-41-3)17-23(26)20-9-10-24(31)25(32)15-20/h4-12,15-16,23,26H,13-14,17-18H2,1-3H3,(H2,33,34,40). The largest absolute Gasteiger partial charge is 0.383 e. The molecule has 0 radical (unpaired) electrons. The van der Waals surface area contributed by atoms with Crippen molar-refractivity contribution < 1.29 is 13.9 Å². The van der Waals surface area contributed by atoms with E-state index in [-0.39, 0.29) is 22.5 Å². The van der Waals surface area contributed by atoms with Crippen LogP contribution in [0.25, 0.3) is 16.9 Å². The van der Waals surface area contributed by atoms with Crippen LogP contribution >= 0.6 is 11.6 Å². The molecule has 1 saturated heterocycles. The number of aromatic nitrogens is 3. The van der Waals surface area contributed by atoms with Gasteiger partial charge in [-0.05, 0) is 42.8 Å². The van der Waals surface area contributed by atoms with Gasteiger partial charge in [-0.25, -0.2) is 13.9 Å². The highest BCUT2D eigenvalue weighted by molar-refractivity contribution is 6.30. The van der Waals surface area contributed by atoms with Crippen LogP contribution in [0.4, 0.5) is 15.0 Å². The molecule has 41 heavy (non-hydrogen) atoms. The highest BCUT2D eigenvalue weighted by Crippen LogP contribution is 2.32. The van der Waals surface area contributed by atoms with Crippen molar-refractivity contribution in [1.29, 1.82) is 0 Å². The number of nitrogens with zero attached hydrogens (tertiary/aromatic N) is 4. The number of urea groups is 1. The molecule has 1 fully saturated rings. The van der Waals surface area contributed by atoms with Gasteiger partial charge in [0, 0.05) is 63.1 Å². The van der Waals surface area contributed by atoms with Crippen molar-refractivity contribution in [3.63, 3.8) is 0 Å². The third-order valence-electron chi connectivity index (χ3n) is 7.43. The highest BCUT2D eigenvalue weighted by Gasteiger charge is 2.35. The molecule has 1 aliphatic heterocycles. The molecule has 5 rings (SSSR count). The van der Waals surface area contributed by atoms with Crippen LogP contribution in [-0.4, -0.2) is 64.7 Å². The zero-order valence-electron chi connectivity index (χ0n) is 23.1. The predicted molar refractivity (Wildman–Crippen MR) is 157 cm³/mol. The van der Waals surface area contributed by atoms with Gasteiger partial charge in [0.1, 0.15) is 11.6 Å². The maximum Gasteiger partial charge on any atom is 0.320 e. The van der Waals surface area contributed by atoms with Gasteiger partial charge >= 0.3 is 6.03 Å². The van der Waals surface area contributed by atoms with Crippen LogP contribution in [0.5, 0.6) is 0 Å². The fraction of sp³-hybridized carbons (Fsp3) is 0.300.